The van der Waals surface area contributed by atoms with E-state index in [0.29, 0.717) is 23.6 Å². The molecule has 0 saturated carbocycles. The molecule has 136 valence electrons. The SMILES string of the molecule is CC(=O)Nc1ccc(NC(=O)c2ccc(NCc3ccccn3)cn2)cc1. The highest BCUT2D eigenvalue weighted by Crippen LogP contribution is 2.15. The molecule has 0 aliphatic carbocycles. The Hall–Kier alpha value is -3.74. The Morgan fingerprint density at radius 2 is 1.56 bits per heavy atom. The number of benzene rings is 1. The summed E-state index contributed by atoms with van der Waals surface area (Å²) < 4.78 is 0. The van der Waals surface area contributed by atoms with Crippen molar-refractivity contribution in [3.05, 3.63) is 78.4 Å². The smallest absolute Gasteiger partial charge is 0.274 e. The number of hydrogen-bond donors (Lipinski definition) is 3. The van der Waals surface area contributed by atoms with Crippen LogP contribution in [0, 0.1) is 0 Å². The van der Waals surface area contributed by atoms with Gasteiger partial charge in [-0.15, -0.1) is 0 Å². The Labute approximate surface area is 156 Å². The molecule has 0 aliphatic rings. The van der Waals surface area contributed by atoms with Gasteiger partial charge in [-0.25, -0.2) is 4.98 Å². The Morgan fingerprint density at radius 3 is 2.15 bits per heavy atom. The van der Waals surface area contributed by atoms with E-state index in [4.69, 9.17) is 0 Å². The van der Waals surface area contributed by atoms with Gasteiger partial charge in [-0.05, 0) is 48.5 Å². The summed E-state index contributed by atoms with van der Waals surface area (Å²) in [6.45, 7) is 2.02. The van der Waals surface area contributed by atoms with Crippen molar-refractivity contribution in [1.82, 2.24) is 9.97 Å². The molecular formula is C20H19N5O2. The summed E-state index contributed by atoms with van der Waals surface area (Å²) in [5.41, 5.74) is 3.32. The molecule has 0 saturated heterocycles. The van der Waals surface area contributed by atoms with Crippen LogP contribution in [0.2, 0.25) is 0 Å². The molecule has 0 bridgehead atoms. The highest BCUT2D eigenvalue weighted by Gasteiger charge is 2.08. The van der Waals surface area contributed by atoms with Crippen molar-refractivity contribution in [2.24, 2.45) is 0 Å². The molecule has 3 aromatic rings. The third-order valence-corrected chi connectivity index (χ3v) is 3.66. The number of carbonyl (C=O) groups is 2. The number of hydrogen-bond acceptors (Lipinski definition) is 5. The van der Waals surface area contributed by atoms with Crippen molar-refractivity contribution >= 4 is 28.9 Å². The molecule has 2 amide bonds. The van der Waals surface area contributed by atoms with E-state index in [1.807, 2.05) is 18.2 Å². The number of anilines is 3. The molecule has 1 aromatic carbocycles. The average molecular weight is 361 g/mol. The molecule has 2 heterocycles. The third-order valence-electron chi connectivity index (χ3n) is 3.66. The standard InChI is InChI=1S/C20H19N5O2/c1-14(26)24-15-5-7-16(8-6-15)25-20(27)19-10-9-18(13-23-19)22-12-17-4-2-3-11-21-17/h2-11,13,22H,12H2,1H3,(H,24,26)(H,25,27). The van der Waals surface area contributed by atoms with E-state index >= 15 is 0 Å². The monoisotopic (exact) mass is 361 g/mol. The molecule has 0 fully saturated rings. The largest absolute Gasteiger partial charge is 0.378 e. The molecule has 3 rings (SSSR count). The predicted octanol–water partition coefficient (Wildman–Crippen LogP) is 3.30. The van der Waals surface area contributed by atoms with Crippen LogP contribution in [0.1, 0.15) is 23.1 Å². The molecule has 0 spiro atoms. The maximum absolute atomic E-state index is 12.3. The summed E-state index contributed by atoms with van der Waals surface area (Å²) in [7, 11) is 0. The molecule has 0 radical (unpaired) electrons. The Balaban J connectivity index is 1.56. The van der Waals surface area contributed by atoms with Crippen LogP contribution in [0.4, 0.5) is 17.1 Å². The first-order chi connectivity index (χ1) is 13.1. The van der Waals surface area contributed by atoms with Crippen LogP contribution in [-0.2, 0) is 11.3 Å². The number of nitrogens with zero attached hydrogens (tertiary/aromatic N) is 2. The summed E-state index contributed by atoms with van der Waals surface area (Å²) in [4.78, 5) is 31.7. The van der Waals surface area contributed by atoms with Crippen LogP contribution in [-0.4, -0.2) is 21.8 Å². The first-order valence-electron chi connectivity index (χ1n) is 8.39. The quantitative estimate of drug-likeness (QED) is 0.626. The van der Waals surface area contributed by atoms with E-state index in [1.165, 1.54) is 6.92 Å². The highest BCUT2D eigenvalue weighted by molar-refractivity contribution is 6.03. The lowest BCUT2D eigenvalue weighted by atomic mass is 10.2. The molecular weight excluding hydrogens is 342 g/mol. The fourth-order valence-electron chi connectivity index (χ4n) is 2.36. The first kappa shape index (κ1) is 18.1. The molecule has 27 heavy (non-hydrogen) atoms. The Bertz CT molecular complexity index is 909. The lowest BCUT2D eigenvalue weighted by Gasteiger charge is -2.08. The van der Waals surface area contributed by atoms with Gasteiger partial charge >= 0.3 is 0 Å². The van der Waals surface area contributed by atoms with Crippen molar-refractivity contribution in [2.75, 3.05) is 16.0 Å². The van der Waals surface area contributed by atoms with Crippen molar-refractivity contribution < 1.29 is 9.59 Å². The fraction of sp³-hybridized carbons (Fsp3) is 0.100. The Morgan fingerprint density at radius 1 is 0.852 bits per heavy atom. The van der Waals surface area contributed by atoms with Crippen LogP contribution in [0.25, 0.3) is 0 Å². The average Bonchev–Trinajstić information content (AvgIpc) is 2.69. The second-order valence-electron chi connectivity index (χ2n) is 5.82. The summed E-state index contributed by atoms with van der Waals surface area (Å²) in [6.07, 6.45) is 3.35. The molecule has 7 heteroatoms. The van der Waals surface area contributed by atoms with Gasteiger partial charge < -0.3 is 16.0 Å². The van der Waals surface area contributed by atoms with E-state index in [1.54, 1.807) is 48.8 Å². The molecule has 2 aromatic heterocycles. The minimum Gasteiger partial charge on any atom is -0.378 e. The van der Waals surface area contributed by atoms with Crippen LogP contribution in [0.15, 0.2) is 67.0 Å². The van der Waals surface area contributed by atoms with Gasteiger partial charge in [0.25, 0.3) is 5.91 Å². The molecule has 3 N–H and O–H groups in total. The van der Waals surface area contributed by atoms with Crippen molar-refractivity contribution in [3.63, 3.8) is 0 Å². The summed E-state index contributed by atoms with van der Waals surface area (Å²) in [5, 5.41) is 8.65. The summed E-state index contributed by atoms with van der Waals surface area (Å²) in [6, 6.07) is 16.0. The third kappa shape index (κ3) is 5.37. The second kappa shape index (κ2) is 8.57. The van der Waals surface area contributed by atoms with Crippen molar-refractivity contribution in [1.29, 1.82) is 0 Å². The number of rotatable bonds is 6. The lowest BCUT2D eigenvalue weighted by molar-refractivity contribution is -0.114. The number of amides is 2. The van der Waals surface area contributed by atoms with E-state index in [-0.39, 0.29) is 11.8 Å². The number of pyridine rings is 2. The molecule has 0 atom stereocenters. The van der Waals surface area contributed by atoms with E-state index in [2.05, 4.69) is 25.9 Å². The van der Waals surface area contributed by atoms with Gasteiger partial charge in [0.15, 0.2) is 0 Å². The zero-order valence-electron chi connectivity index (χ0n) is 14.8. The lowest BCUT2D eigenvalue weighted by Crippen LogP contribution is -2.14. The highest BCUT2D eigenvalue weighted by atomic mass is 16.2. The number of nitrogens with one attached hydrogen (secondary N) is 3. The number of carbonyl (C=O) groups excluding carboxylic acids is 2. The zero-order chi connectivity index (χ0) is 19.1. The van der Waals surface area contributed by atoms with E-state index in [0.717, 1.165) is 11.4 Å². The second-order valence-corrected chi connectivity index (χ2v) is 5.82. The minimum absolute atomic E-state index is 0.146. The van der Waals surface area contributed by atoms with Gasteiger partial charge in [-0.1, -0.05) is 6.07 Å². The maximum Gasteiger partial charge on any atom is 0.274 e. The first-order valence-corrected chi connectivity index (χ1v) is 8.39. The van der Waals surface area contributed by atoms with Gasteiger partial charge in [-0.2, -0.15) is 0 Å². The fourth-order valence-corrected chi connectivity index (χ4v) is 2.36. The maximum atomic E-state index is 12.3. The van der Waals surface area contributed by atoms with Crippen molar-refractivity contribution in [3.8, 4) is 0 Å². The van der Waals surface area contributed by atoms with Crippen molar-refractivity contribution in [2.45, 2.75) is 13.5 Å². The van der Waals surface area contributed by atoms with Crippen LogP contribution < -0.4 is 16.0 Å². The van der Waals surface area contributed by atoms with Gasteiger partial charge in [0.2, 0.25) is 5.91 Å². The van der Waals surface area contributed by atoms with E-state index in [9.17, 15) is 9.59 Å². The molecule has 0 aliphatic heterocycles. The number of aromatic nitrogens is 2. The van der Waals surface area contributed by atoms with Crippen LogP contribution in [0.3, 0.4) is 0 Å². The van der Waals surface area contributed by atoms with Gasteiger partial charge in [0, 0.05) is 24.5 Å². The minimum atomic E-state index is -0.307. The summed E-state index contributed by atoms with van der Waals surface area (Å²) >= 11 is 0. The van der Waals surface area contributed by atoms with Gasteiger partial charge in [0.05, 0.1) is 24.1 Å². The topological polar surface area (TPSA) is 96.0 Å². The molecule has 7 nitrogen and oxygen atoms in total. The zero-order valence-corrected chi connectivity index (χ0v) is 14.8. The van der Waals surface area contributed by atoms with Crippen LogP contribution >= 0.6 is 0 Å². The molecule has 0 unspecified atom stereocenters. The van der Waals surface area contributed by atoms with Crippen LogP contribution in [0.5, 0.6) is 0 Å². The summed E-state index contributed by atoms with van der Waals surface area (Å²) in [5.74, 6) is -0.453. The predicted molar refractivity (Wildman–Crippen MR) is 104 cm³/mol. The normalized spacial score (nSPS) is 10.1. The van der Waals surface area contributed by atoms with E-state index < -0.39 is 0 Å². The van der Waals surface area contributed by atoms with Gasteiger partial charge in [0.1, 0.15) is 5.69 Å². The Kier molecular flexibility index (Phi) is 5.73. The van der Waals surface area contributed by atoms with Gasteiger partial charge in [-0.3, -0.25) is 14.6 Å².